The van der Waals surface area contributed by atoms with Gasteiger partial charge in [0, 0.05) is 0 Å². The van der Waals surface area contributed by atoms with Gasteiger partial charge >= 0.3 is 5.97 Å². The van der Waals surface area contributed by atoms with E-state index in [1.807, 2.05) is 25.1 Å². The number of aryl methyl sites for hydroxylation is 1. The Morgan fingerprint density at radius 1 is 1.50 bits per heavy atom. The van der Waals surface area contributed by atoms with E-state index in [0.29, 0.717) is 12.2 Å². The number of rotatable bonds is 4. The van der Waals surface area contributed by atoms with Crippen LogP contribution in [0.3, 0.4) is 0 Å². The van der Waals surface area contributed by atoms with Crippen LogP contribution in [-0.2, 0) is 0 Å². The van der Waals surface area contributed by atoms with Gasteiger partial charge in [-0.2, -0.15) is 0 Å². The molecule has 86 valence electrons. The lowest BCUT2D eigenvalue weighted by atomic mass is 10.0. The van der Waals surface area contributed by atoms with Crippen LogP contribution in [-0.4, -0.2) is 17.6 Å². The highest BCUT2D eigenvalue weighted by atomic mass is 16.4. The average molecular weight is 220 g/mol. The van der Waals surface area contributed by atoms with Crippen molar-refractivity contribution in [2.75, 3.05) is 12.3 Å². The molecule has 4 heteroatoms. The van der Waals surface area contributed by atoms with Crippen molar-refractivity contribution < 1.29 is 9.90 Å². The predicted molar refractivity (Wildman–Crippen MR) is 65.3 cm³/mol. The van der Waals surface area contributed by atoms with Crippen LogP contribution in [0.15, 0.2) is 18.2 Å². The van der Waals surface area contributed by atoms with Crippen molar-refractivity contribution in [3.8, 4) is 0 Å². The molecule has 0 aliphatic heterocycles. The second kappa shape index (κ2) is 5.32. The number of carboxylic acid groups (broad SMARTS) is 1. The lowest BCUT2D eigenvalue weighted by Crippen LogP contribution is -2.04. The highest BCUT2D eigenvalue weighted by Gasteiger charge is 2.10. The lowest BCUT2D eigenvalue weighted by molar-refractivity contribution is 0.0698. The van der Waals surface area contributed by atoms with Crippen molar-refractivity contribution >= 4 is 17.7 Å². The SMILES string of the molecule is Cc1cc(C=CCCN)c(N)c(C(=O)O)c1. The van der Waals surface area contributed by atoms with Crippen LogP contribution in [0.4, 0.5) is 5.69 Å². The van der Waals surface area contributed by atoms with Crippen molar-refractivity contribution in [2.24, 2.45) is 5.73 Å². The van der Waals surface area contributed by atoms with Crippen LogP contribution >= 0.6 is 0 Å². The number of benzene rings is 1. The molecule has 4 nitrogen and oxygen atoms in total. The number of hydrogen-bond acceptors (Lipinski definition) is 3. The van der Waals surface area contributed by atoms with Crippen LogP contribution in [0.2, 0.25) is 0 Å². The second-order valence-corrected chi connectivity index (χ2v) is 3.60. The highest BCUT2D eigenvalue weighted by Crippen LogP contribution is 2.21. The van der Waals surface area contributed by atoms with Crippen LogP contribution < -0.4 is 11.5 Å². The van der Waals surface area contributed by atoms with E-state index >= 15 is 0 Å². The Labute approximate surface area is 94.6 Å². The molecular formula is C12H16N2O2. The Bertz CT molecular complexity index is 425. The summed E-state index contributed by atoms with van der Waals surface area (Å²) in [6.45, 7) is 2.40. The largest absolute Gasteiger partial charge is 0.478 e. The Kier molecular flexibility index (Phi) is 4.08. The molecule has 0 fully saturated rings. The van der Waals surface area contributed by atoms with Crippen molar-refractivity contribution in [3.05, 3.63) is 34.9 Å². The second-order valence-electron chi connectivity index (χ2n) is 3.60. The zero-order chi connectivity index (χ0) is 12.1. The number of aromatic carboxylic acids is 1. The molecule has 0 saturated heterocycles. The summed E-state index contributed by atoms with van der Waals surface area (Å²) in [5.74, 6) is -1.00. The first-order valence-electron chi connectivity index (χ1n) is 5.06. The third-order valence-corrected chi connectivity index (χ3v) is 2.22. The number of nitrogens with two attached hydrogens (primary N) is 2. The standard InChI is InChI=1S/C12H16N2O2/c1-8-6-9(4-2-3-5-13)11(14)10(7-8)12(15)16/h2,4,6-7H,3,5,13-14H2,1H3,(H,15,16). The van der Waals surface area contributed by atoms with Crippen molar-refractivity contribution in [1.29, 1.82) is 0 Å². The van der Waals surface area contributed by atoms with Gasteiger partial charge in [-0.3, -0.25) is 0 Å². The number of carbonyl (C=O) groups is 1. The van der Waals surface area contributed by atoms with Gasteiger partial charge in [-0.15, -0.1) is 0 Å². The Balaban J connectivity index is 3.14. The minimum Gasteiger partial charge on any atom is -0.478 e. The molecule has 1 aromatic carbocycles. The quantitative estimate of drug-likeness (QED) is 0.673. The van der Waals surface area contributed by atoms with Crippen LogP contribution in [0, 0.1) is 6.92 Å². The summed E-state index contributed by atoms with van der Waals surface area (Å²) in [6.07, 6.45) is 4.44. The smallest absolute Gasteiger partial charge is 0.337 e. The molecule has 0 bridgehead atoms. The molecule has 0 atom stereocenters. The maximum Gasteiger partial charge on any atom is 0.337 e. The molecule has 16 heavy (non-hydrogen) atoms. The fourth-order valence-electron chi connectivity index (χ4n) is 1.45. The Morgan fingerprint density at radius 2 is 2.19 bits per heavy atom. The average Bonchev–Trinajstić information content (AvgIpc) is 2.22. The summed E-state index contributed by atoms with van der Waals surface area (Å²) in [7, 11) is 0. The van der Waals surface area contributed by atoms with Gasteiger partial charge in [-0.1, -0.05) is 12.2 Å². The van der Waals surface area contributed by atoms with E-state index in [1.165, 1.54) is 0 Å². The highest BCUT2D eigenvalue weighted by molar-refractivity contribution is 5.96. The van der Waals surface area contributed by atoms with Gasteiger partial charge in [0.05, 0.1) is 11.3 Å². The normalized spacial score (nSPS) is 10.9. The van der Waals surface area contributed by atoms with Crippen molar-refractivity contribution in [1.82, 2.24) is 0 Å². The van der Waals surface area contributed by atoms with Gasteiger partial charge in [0.15, 0.2) is 0 Å². The number of hydrogen-bond donors (Lipinski definition) is 3. The molecule has 0 radical (unpaired) electrons. The lowest BCUT2D eigenvalue weighted by Gasteiger charge is -2.06. The van der Waals surface area contributed by atoms with E-state index in [9.17, 15) is 4.79 Å². The van der Waals surface area contributed by atoms with E-state index in [4.69, 9.17) is 16.6 Å². The molecule has 0 amide bonds. The summed E-state index contributed by atoms with van der Waals surface area (Å²) in [6, 6.07) is 3.42. The van der Waals surface area contributed by atoms with Gasteiger partial charge in [-0.05, 0) is 43.1 Å². The van der Waals surface area contributed by atoms with Gasteiger partial charge in [0.2, 0.25) is 0 Å². The molecule has 1 aromatic rings. The zero-order valence-corrected chi connectivity index (χ0v) is 9.23. The third kappa shape index (κ3) is 2.84. The minimum atomic E-state index is -1.00. The Hall–Kier alpha value is -1.81. The van der Waals surface area contributed by atoms with Crippen LogP contribution in [0.25, 0.3) is 6.08 Å². The van der Waals surface area contributed by atoms with Crippen molar-refractivity contribution in [3.63, 3.8) is 0 Å². The predicted octanol–water partition coefficient (Wildman–Crippen LogP) is 1.64. The first kappa shape index (κ1) is 12.3. The Morgan fingerprint density at radius 3 is 2.75 bits per heavy atom. The van der Waals surface area contributed by atoms with Gasteiger partial charge in [-0.25, -0.2) is 4.79 Å². The summed E-state index contributed by atoms with van der Waals surface area (Å²) in [4.78, 5) is 10.9. The molecule has 5 N–H and O–H groups in total. The summed E-state index contributed by atoms with van der Waals surface area (Å²) in [5.41, 5.74) is 13.2. The van der Waals surface area contributed by atoms with E-state index < -0.39 is 5.97 Å². The first-order chi connectivity index (χ1) is 7.56. The molecule has 0 aromatic heterocycles. The molecule has 0 saturated carbocycles. The minimum absolute atomic E-state index is 0.146. The van der Waals surface area contributed by atoms with E-state index in [1.54, 1.807) is 6.07 Å². The molecular weight excluding hydrogens is 204 g/mol. The van der Waals surface area contributed by atoms with Crippen molar-refractivity contribution in [2.45, 2.75) is 13.3 Å². The molecule has 0 aliphatic carbocycles. The molecule has 0 aliphatic rings. The summed E-state index contributed by atoms with van der Waals surface area (Å²) < 4.78 is 0. The van der Waals surface area contributed by atoms with Crippen LogP contribution in [0.5, 0.6) is 0 Å². The van der Waals surface area contributed by atoms with E-state index in [-0.39, 0.29) is 5.56 Å². The number of anilines is 1. The van der Waals surface area contributed by atoms with Gasteiger partial charge < -0.3 is 16.6 Å². The van der Waals surface area contributed by atoms with Crippen LogP contribution in [0.1, 0.15) is 27.9 Å². The van der Waals surface area contributed by atoms with Gasteiger partial charge in [0.1, 0.15) is 0 Å². The molecule has 0 unspecified atom stereocenters. The first-order valence-corrected chi connectivity index (χ1v) is 5.06. The summed E-state index contributed by atoms with van der Waals surface area (Å²) in [5, 5.41) is 8.96. The topological polar surface area (TPSA) is 89.3 Å². The third-order valence-electron chi connectivity index (χ3n) is 2.22. The maximum atomic E-state index is 10.9. The molecule has 0 heterocycles. The number of nitrogen functional groups attached to an aromatic ring is 1. The monoisotopic (exact) mass is 220 g/mol. The fourth-order valence-corrected chi connectivity index (χ4v) is 1.45. The zero-order valence-electron chi connectivity index (χ0n) is 9.23. The molecule has 0 spiro atoms. The van der Waals surface area contributed by atoms with E-state index in [0.717, 1.165) is 17.5 Å². The van der Waals surface area contributed by atoms with E-state index in [2.05, 4.69) is 0 Å². The maximum absolute atomic E-state index is 10.9. The molecule has 1 rings (SSSR count). The fraction of sp³-hybridized carbons (Fsp3) is 0.250. The van der Waals surface area contributed by atoms with Gasteiger partial charge in [0.25, 0.3) is 0 Å². The number of carboxylic acids is 1. The summed E-state index contributed by atoms with van der Waals surface area (Å²) >= 11 is 0.